The van der Waals surface area contributed by atoms with E-state index in [4.69, 9.17) is 0 Å². The Bertz CT molecular complexity index is 332. The third-order valence-electron chi connectivity index (χ3n) is 7.41. The van der Waals surface area contributed by atoms with Crippen molar-refractivity contribution in [1.29, 1.82) is 0 Å². The highest BCUT2D eigenvalue weighted by Gasteiger charge is 2.29. The molecule has 2 saturated heterocycles. The molecule has 24 heavy (non-hydrogen) atoms. The molecule has 0 unspecified atom stereocenters. The van der Waals surface area contributed by atoms with Crippen molar-refractivity contribution in [3.8, 4) is 0 Å². The molecule has 1 aliphatic carbocycles. The van der Waals surface area contributed by atoms with Gasteiger partial charge in [-0.1, -0.05) is 40.0 Å². The lowest BCUT2D eigenvalue weighted by molar-refractivity contribution is 0.124. The molecule has 1 saturated carbocycles. The van der Waals surface area contributed by atoms with E-state index in [1.54, 1.807) is 6.42 Å². The highest BCUT2D eigenvalue weighted by atomic mass is 15.1. The zero-order chi connectivity index (χ0) is 17.6. The molecular weight excluding hydrogens is 292 g/mol. The molecule has 142 valence electrons. The average molecular weight is 337 g/mol. The maximum absolute atomic E-state index is 3.39. The Kier molecular flexibility index (Phi) is 8.07. The van der Waals surface area contributed by atoms with E-state index < -0.39 is 0 Å². The third-order valence-corrected chi connectivity index (χ3v) is 7.41. The lowest BCUT2D eigenvalue weighted by Gasteiger charge is -2.37. The molecule has 2 nitrogen and oxygen atoms in total. The van der Waals surface area contributed by atoms with Crippen molar-refractivity contribution in [2.45, 2.75) is 92.0 Å². The second-order valence-electron chi connectivity index (χ2n) is 9.66. The molecule has 3 rings (SSSR count). The molecule has 2 aliphatic heterocycles. The van der Waals surface area contributed by atoms with Gasteiger partial charge < -0.3 is 10.2 Å². The molecule has 0 atom stereocenters. The van der Waals surface area contributed by atoms with Crippen LogP contribution < -0.4 is 5.32 Å². The Morgan fingerprint density at radius 1 is 0.917 bits per heavy atom. The molecule has 1 N–H and O–H groups in total. The minimum absolute atomic E-state index is 0.616. The van der Waals surface area contributed by atoms with Gasteiger partial charge in [-0.25, -0.2) is 0 Å². The summed E-state index contributed by atoms with van der Waals surface area (Å²) in [6, 6.07) is 0.764. The molecule has 0 aromatic carbocycles. The molecule has 3 fully saturated rings. The summed E-state index contributed by atoms with van der Waals surface area (Å²) in [4.78, 5) is 2.64. The van der Waals surface area contributed by atoms with Gasteiger partial charge >= 0.3 is 0 Å². The largest absolute Gasteiger partial charge is 0.317 e. The van der Waals surface area contributed by atoms with Gasteiger partial charge in [0.2, 0.25) is 0 Å². The zero-order valence-corrected chi connectivity index (χ0v) is 17.2. The van der Waals surface area contributed by atoms with Gasteiger partial charge in [0.1, 0.15) is 0 Å². The SMILES string of the molecule is CC(C)C1(C)CCNCC1.CC(C)N1CCC(CC2CCC2)CC1. The minimum atomic E-state index is 0.616. The van der Waals surface area contributed by atoms with Crippen molar-refractivity contribution in [3.63, 3.8) is 0 Å². The van der Waals surface area contributed by atoms with Crippen LogP contribution in [0, 0.1) is 23.2 Å². The van der Waals surface area contributed by atoms with Crippen LogP contribution in [0.25, 0.3) is 0 Å². The first-order chi connectivity index (χ1) is 11.4. The molecule has 0 bridgehead atoms. The lowest BCUT2D eigenvalue weighted by atomic mass is 9.72. The monoisotopic (exact) mass is 336 g/mol. The van der Waals surface area contributed by atoms with Crippen molar-refractivity contribution in [2.24, 2.45) is 23.2 Å². The molecular formula is C22H44N2. The van der Waals surface area contributed by atoms with Crippen molar-refractivity contribution in [3.05, 3.63) is 0 Å². The van der Waals surface area contributed by atoms with E-state index in [0.29, 0.717) is 5.41 Å². The summed E-state index contributed by atoms with van der Waals surface area (Å²) in [6.45, 7) is 16.9. The van der Waals surface area contributed by atoms with Crippen LogP contribution in [0.5, 0.6) is 0 Å². The van der Waals surface area contributed by atoms with Crippen LogP contribution in [-0.4, -0.2) is 37.1 Å². The van der Waals surface area contributed by atoms with E-state index >= 15 is 0 Å². The van der Waals surface area contributed by atoms with Gasteiger partial charge in [-0.15, -0.1) is 0 Å². The summed E-state index contributed by atoms with van der Waals surface area (Å²) in [5, 5.41) is 3.39. The van der Waals surface area contributed by atoms with Crippen LogP contribution in [0.1, 0.15) is 86.0 Å². The van der Waals surface area contributed by atoms with Crippen molar-refractivity contribution >= 4 is 0 Å². The van der Waals surface area contributed by atoms with Crippen molar-refractivity contribution in [1.82, 2.24) is 10.2 Å². The average Bonchev–Trinajstić information content (AvgIpc) is 2.53. The summed E-state index contributed by atoms with van der Waals surface area (Å²) >= 11 is 0. The molecule has 2 heterocycles. The first kappa shape index (κ1) is 20.2. The number of nitrogens with zero attached hydrogens (tertiary/aromatic N) is 1. The normalized spacial score (nSPS) is 26.1. The standard InChI is InChI=1S/C13H25N.C9H19N/c1-11(2)14-8-6-13(7-9-14)10-12-4-3-5-12;1-8(2)9(3)4-6-10-7-5-9/h11-13H,3-10H2,1-2H3;8,10H,4-7H2,1-3H3. The summed E-state index contributed by atoms with van der Waals surface area (Å²) in [6.07, 6.45) is 11.8. The van der Waals surface area contributed by atoms with Gasteiger partial charge in [0, 0.05) is 6.04 Å². The van der Waals surface area contributed by atoms with Crippen LogP contribution >= 0.6 is 0 Å². The minimum Gasteiger partial charge on any atom is -0.317 e. The molecule has 3 aliphatic rings. The molecule has 0 amide bonds. The second-order valence-corrected chi connectivity index (χ2v) is 9.66. The first-order valence-corrected chi connectivity index (χ1v) is 10.9. The van der Waals surface area contributed by atoms with Gasteiger partial charge in [0.25, 0.3) is 0 Å². The van der Waals surface area contributed by atoms with Crippen LogP contribution in [0.4, 0.5) is 0 Å². The number of likely N-dealkylation sites (tertiary alicyclic amines) is 1. The zero-order valence-electron chi connectivity index (χ0n) is 17.2. The fraction of sp³-hybridized carbons (Fsp3) is 1.00. The van der Waals surface area contributed by atoms with E-state index in [1.807, 2.05) is 0 Å². The maximum atomic E-state index is 3.39. The van der Waals surface area contributed by atoms with Gasteiger partial charge in [0.05, 0.1) is 0 Å². The van der Waals surface area contributed by atoms with Crippen molar-refractivity contribution in [2.75, 3.05) is 26.2 Å². The highest BCUT2D eigenvalue weighted by molar-refractivity contribution is 4.82. The van der Waals surface area contributed by atoms with Crippen LogP contribution in [0.3, 0.4) is 0 Å². The van der Waals surface area contributed by atoms with Gasteiger partial charge in [-0.3, -0.25) is 0 Å². The Labute approximate surface area is 152 Å². The fourth-order valence-corrected chi connectivity index (χ4v) is 4.48. The lowest BCUT2D eigenvalue weighted by Crippen LogP contribution is -2.39. The van der Waals surface area contributed by atoms with Crippen LogP contribution in [-0.2, 0) is 0 Å². The van der Waals surface area contributed by atoms with Crippen molar-refractivity contribution < 1.29 is 0 Å². The van der Waals surface area contributed by atoms with E-state index in [0.717, 1.165) is 23.8 Å². The molecule has 2 heteroatoms. The Morgan fingerprint density at radius 2 is 1.46 bits per heavy atom. The first-order valence-electron chi connectivity index (χ1n) is 10.9. The Morgan fingerprint density at radius 3 is 1.83 bits per heavy atom. The summed E-state index contributed by atoms with van der Waals surface area (Å²) in [7, 11) is 0. The van der Waals surface area contributed by atoms with Crippen LogP contribution in [0.2, 0.25) is 0 Å². The van der Waals surface area contributed by atoms with E-state index in [-0.39, 0.29) is 0 Å². The Hall–Kier alpha value is -0.0800. The molecule has 0 radical (unpaired) electrons. The van der Waals surface area contributed by atoms with E-state index in [9.17, 15) is 0 Å². The van der Waals surface area contributed by atoms with Gasteiger partial charge in [0.15, 0.2) is 0 Å². The topological polar surface area (TPSA) is 15.3 Å². The molecule has 0 spiro atoms. The van der Waals surface area contributed by atoms with Crippen LogP contribution in [0.15, 0.2) is 0 Å². The third kappa shape index (κ3) is 6.02. The molecule has 0 aromatic rings. The number of piperidine rings is 2. The number of nitrogens with one attached hydrogen (secondary N) is 1. The summed E-state index contributed by atoms with van der Waals surface area (Å²) in [5.74, 6) is 3.02. The number of hydrogen-bond donors (Lipinski definition) is 1. The quantitative estimate of drug-likeness (QED) is 0.746. The van der Waals surface area contributed by atoms with Gasteiger partial charge in [-0.05, 0) is 95.3 Å². The Balaban J connectivity index is 0.000000185. The second kappa shape index (κ2) is 9.57. The highest BCUT2D eigenvalue weighted by Crippen LogP contribution is 2.36. The van der Waals surface area contributed by atoms with Gasteiger partial charge in [-0.2, -0.15) is 0 Å². The summed E-state index contributed by atoms with van der Waals surface area (Å²) < 4.78 is 0. The van der Waals surface area contributed by atoms with E-state index in [1.165, 1.54) is 71.1 Å². The predicted octanol–water partition coefficient (Wildman–Crippen LogP) is 5.33. The van der Waals surface area contributed by atoms with E-state index in [2.05, 4.69) is 44.8 Å². The fourth-order valence-electron chi connectivity index (χ4n) is 4.48. The number of rotatable bonds is 4. The maximum Gasteiger partial charge on any atom is 0.00385 e. The number of hydrogen-bond acceptors (Lipinski definition) is 2. The predicted molar refractivity (Wildman–Crippen MR) is 106 cm³/mol. The smallest absolute Gasteiger partial charge is 0.00385 e. The summed E-state index contributed by atoms with van der Waals surface area (Å²) in [5.41, 5.74) is 0.616. The molecule has 0 aromatic heterocycles.